The summed E-state index contributed by atoms with van der Waals surface area (Å²) in [7, 11) is -0.0493. The predicted molar refractivity (Wildman–Crippen MR) is 146 cm³/mol. The van der Waals surface area contributed by atoms with Crippen LogP contribution < -0.4 is 18.7 Å². The van der Waals surface area contributed by atoms with E-state index in [9.17, 15) is 18.0 Å². The minimum atomic E-state index is -4.17. The van der Waals surface area contributed by atoms with Gasteiger partial charge in [0.15, 0.2) is 6.61 Å². The molecule has 3 aromatic rings. The van der Waals surface area contributed by atoms with Gasteiger partial charge < -0.3 is 19.1 Å². The van der Waals surface area contributed by atoms with Crippen molar-refractivity contribution in [3.05, 3.63) is 77.3 Å². The van der Waals surface area contributed by atoms with E-state index >= 15 is 0 Å². The molecule has 0 unspecified atom stereocenters. The lowest BCUT2D eigenvalue weighted by Gasteiger charge is -2.23. The minimum absolute atomic E-state index is 0.0692. The van der Waals surface area contributed by atoms with Crippen LogP contribution in [0.1, 0.15) is 16.8 Å². The number of para-hydroxylation sites is 1. The fourth-order valence-electron chi connectivity index (χ4n) is 3.62. The molecule has 204 valence electrons. The summed E-state index contributed by atoms with van der Waals surface area (Å²) in [6.07, 6.45) is 0.0895. The van der Waals surface area contributed by atoms with E-state index < -0.39 is 28.5 Å². The van der Waals surface area contributed by atoms with Crippen molar-refractivity contribution < 1.29 is 32.2 Å². The van der Waals surface area contributed by atoms with Crippen LogP contribution in [-0.2, 0) is 19.6 Å². The molecule has 39 heavy (non-hydrogen) atoms. The Morgan fingerprint density at radius 2 is 1.67 bits per heavy atom. The number of hydrogen-bond donors (Lipinski definition) is 0. The van der Waals surface area contributed by atoms with E-state index in [0.29, 0.717) is 11.4 Å². The van der Waals surface area contributed by atoms with E-state index in [4.69, 9.17) is 31.1 Å². The summed E-state index contributed by atoms with van der Waals surface area (Å²) < 4.78 is 43.5. The third-order valence-electron chi connectivity index (χ3n) is 5.66. The smallest absolute Gasteiger partial charge is 0.338 e. The van der Waals surface area contributed by atoms with Gasteiger partial charge in [0.1, 0.15) is 11.5 Å². The summed E-state index contributed by atoms with van der Waals surface area (Å²) in [6, 6.07) is 18.8. The third kappa shape index (κ3) is 6.79. The van der Waals surface area contributed by atoms with Crippen molar-refractivity contribution in [2.75, 3.05) is 43.6 Å². The van der Waals surface area contributed by atoms with Gasteiger partial charge in [0.25, 0.3) is 15.9 Å². The molecule has 0 bridgehead atoms. The van der Waals surface area contributed by atoms with E-state index in [1.54, 1.807) is 30.3 Å². The summed E-state index contributed by atoms with van der Waals surface area (Å²) in [5.74, 6) is -0.908. The van der Waals surface area contributed by atoms with E-state index in [-0.39, 0.29) is 39.9 Å². The first-order valence-corrected chi connectivity index (χ1v) is 13.4. The molecule has 3 aromatic carbocycles. The Hall–Kier alpha value is -4.27. The number of esters is 1. The Balaban J connectivity index is 1.80. The van der Waals surface area contributed by atoms with E-state index in [2.05, 4.69) is 0 Å². The van der Waals surface area contributed by atoms with Crippen LogP contribution in [0.4, 0.5) is 11.4 Å². The van der Waals surface area contributed by atoms with Crippen LogP contribution in [0.3, 0.4) is 0 Å². The lowest BCUT2D eigenvalue weighted by atomic mass is 10.2. The first-order valence-electron chi connectivity index (χ1n) is 11.5. The number of nitriles is 1. The van der Waals surface area contributed by atoms with Crippen molar-refractivity contribution in [2.45, 2.75) is 11.3 Å². The number of benzene rings is 3. The van der Waals surface area contributed by atoms with Crippen LogP contribution in [0.15, 0.2) is 71.6 Å². The van der Waals surface area contributed by atoms with Gasteiger partial charge in [-0.2, -0.15) is 5.26 Å². The molecule has 0 heterocycles. The molecule has 0 aliphatic heterocycles. The van der Waals surface area contributed by atoms with Gasteiger partial charge in [-0.25, -0.2) is 13.2 Å². The quantitative estimate of drug-likeness (QED) is 0.312. The van der Waals surface area contributed by atoms with Gasteiger partial charge in [-0.05, 0) is 36.4 Å². The second kappa shape index (κ2) is 13.0. The zero-order chi connectivity index (χ0) is 28.6. The number of anilines is 2. The SMILES string of the molecule is COc1cc(OC)c(N(C)S(=O)(=O)c2cccc(C(=O)OCC(=O)N(CCC#N)c3ccccc3)c2)cc1Cl. The highest BCUT2D eigenvalue weighted by Crippen LogP contribution is 2.39. The number of rotatable bonds is 11. The average molecular weight is 572 g/mol. The molecule has 0 saturated carbocycles. The van der Waals surface area contributed by atoms with Crippen molar-refractivity contribution in [1.82, 2.24) is 0 Å². The normalized spacial score (nSPS) is 10.7. The van der Waals surface area contributed by atoms with E-state index in [0.717, 1.165) is 10.4 Å². The Morgan fingerprint density at radius 3 is 2.31 bits per heavy atom. The highest BCUT2D eigenvalue weighted by atomic mass is 35.5. The van der Waals surface area contributed by atoms with Crippen LogP contribution in [-0.4, -0.2) is 54.7 Å². The summed E-state index contributed by atoms with van der Waals surface area (Å²) >= 11 is 6.20. The van der Waals surface area contributed by atoms with E-state index in [1.807, 2.05) is 6.07 Å². The number of amides is 1. The largest absolute Gasteiger partial charge is 0.495 e. The van der Waals surface area contributed by atoms with Crippen LogP contribution in [0, 0.1) is 11.3 Å². The maximum atomic E-state index is 13.4. The maximum Gasteiger partial charge on any atom is 0.338 e. The summed E-state index contributed by atoms with van der Waals surface area (Å²) in [6.45, 7) is -0.479. The van der Waals surface area contributed by atoms with Gasteiger partial charge in [-0.3, -0.25) is 9.10 Å². The second-order valence-corrected chi connectivity index (χ2v) is 10.4. The lowest BCUT2D eigenvalue weighted by Crippen LogP contribution is -2.35. The molecule has 0 aliphatic carbocycles. The Morgan fingerprint density at radius 1 is 0.974 bits per heavy atom. The number of ether oxygens (including phenoxy) is 3. The number of nitrogens with zero attached hydrogens (tertiary/aromatic N) is 3. The van der Waals surface area contributed by atoms with Gasteiger partial charge in [0, 0.05) is 25.3 Å². The molecule has 0 N–H and O–H groups in total. The highest BCUT2D eigenvalue weighted by molar-refractivity contribution is 7.92. The number of methoxy groups -OCH3 is 2. The van der Waals surface area contributed by atoms with Crippen LogP contribution in [0.25, 0.3) is 0 Å². The van der Waals surface area contributed by atoms with Gasteiger partial charge >= 0.3 is 5.97 Å². The summed E-state index contributed by atoms with van der Waals surface area (Å²) in [4.78, 5) is 26.7. The van der Waals surface area contributed by atoms with Crippen molar-refractivity contribution in [3.63, 3.8) is 0 Å². The summed E-state index contributed by atoms with van der Waals surface area (Å²) in [5.41, 5.74) is 0.638. The number of sulfonamides is 1. The molecule has 0 aliphatic rings. The molecule has 3 rings (SSSR count). The monoisotopic (exact) mass is 571 g/mol. The van der Waals surface area contributed by atoms with Gasteiger partial charge in [-0.15, -0.1) is 0 Å². The minimum Gasteiger partial charge on any atom is -0.495 e. The number of carbonyl (C=O) groups excluding carboxylic acids is 2. The molecule has 0 atom stereocenters. The average Bonchev–Trinajstić information content (AvgIpc) is 2.96. The fraction of sp³-hybridized carbons (Fsp3) is 0.222. The molecule has 1 amide bonds. The van der Waals surface area contributed by atoms with Crippen molar-refractivity contribution in [1.29, 1.82) is 5.26 Å². The molecular formula is C27H26ClN3O7S. The van der Waals surface area contributed by atoms with Crippen LogP contribution >= 0.6 is 11.6 Å². The van der Waals surface area contributed by atoms with Crippen molar-refractivity contribution in [3.8, 4) is 17.6 Å². The molecule has 0 spiro atoms. The topological polar surface area (TPSA) is 126 Å². The molecule has 0 aromatic heterocycles. The van der Waals surface area contributed by atoms with Crippen LogP contribution in [0.5, 0.6) is 11.5 Å². The number of halogens is 1. The van der Waals surface area contributed by atoms with Crippen LogP contribution in [0.2, 0.25) is 5.02 Å². The maximum absolute atomic E-state index is 13.4. The Labute approximate surface area is 231 Å². The fourth-order valence-corrected chi connectivity index (χ4v) is 5.10. The first kappa shape index (κ1) is 29.3. The Kier molecular flexibility index (Phi) is 9.76. The number of hydrogen-bond acceptors (Lipinski definition) is 8. The molecule has 12 heteroatoms. The van der Waals surface area contributed by atoms with E-state index in [1.165, 1.54) is 56.5 Å². The van der Waals surface area contributed by atoms with Gasteiger partial charge in [-0.1, -0.05) is 35.9 Å². The Bertz CT molecular complexity index is 1490. The third-order valence-corrected chi connectivity index (χ3v) is 7.73. The van der Waals surface area contributed by atoms with Gasteiger partial charge in [0.2, 0.25) is 0 Å². The second-order valence-electron chi connectivity index (χ2n) is 8.02. The molecule has 10 nitrogen and oxygen atoms in total. The highest BCUT2D eigenvalue weighted by Gasteiger charge is 2.26. The zero-order valence-corrected chi connectivity index (χ0v) is 23.0. The standard InChI is InChI=1S/C27H26ClN3O7S/c1-30(23-16-22(28)24(36-2)17-25(23)37-3)39(34,35)21-12-7-9-19(15-21)27(33)38-18-26(32)31(14-8-13-29)20-10-5-4-6-11-20/h4-7,9-12,15-17H,8,14,18H2,1-3H3. The van der Waals surface area contributed by atoms with Crippen molar-refractivity contribution in [2.24, 2.45) is 0 Å². The van der Waals surface area contributed by atoms with Crippen molar-refractivity contribution >= 4 is 44.9 Å². The molecule has 0 fully saturated rings. The predicted octanol–water partition coefficient (Wildman–Crippen LogP) is 4.29. The molecule has 0 saturated heterocycles. The molecule has 0 radical (unpaired) electrons. The molecular weight excluding hydrogens is 546 g/mol. The zero-order valence-electron chi connectivity index (χ0n) is 21.5. The van der Waals surface area contributed by atoms with Gasteiger partial charge in [0.05, 0.1) is 47.9 Å². The number of carbonyl (C=O) groups is 2. The first-order chi connectivity index (χ1) is 18.6. The summed E-state index contributed by atoms with van der Waals surface area (Å²) in [5, 5.41) is 9.11. The lowest BCUT2D eigenvalue weighted by molar-refractivity contribution is -0.121.